The molecule has 0 amide bonds. The van der Waals surface area contributed by atoms with Crippen LogP contribution in [-0.4, -0.2) is 39.0 Å². The maximum Gasteiger partial charge on any atom is 0.223 e. The molecule has 1 N–H and O–H groups in total. The van der Waals surface area contributed by atoms with Crippen LogP contribution in [0, 0.1) is 12.7 Å². The lowest BCUT2D eigenvalue weighted by molar-refractivity contribution is 0.208. The fourth-order valence-electron chi connectivity index (χ4n) is 2.82. The van der Waals surface area contributed by atoms with Crippen molar-refractivity contribution >= 4 is 5.95 Å². The Bertz CT molecular complexity index is 580. The third kappa shape index (κ3) is 3.98. The summed E-state index contributed by atoms with van der Waals surface area (Å²) in [6.07, 6.45) is 6.92. The van der Waals surface area contributed by atoms with E-state index in [4.69, 9.17) is 0 Å². The SMILES string of the molecule is Cc1ccnc(NC2CCCN(Cc3cncc(F)c3)C2)n1. The molecule has 1 fully saturated rings. The van der Waals surface area contributed by atoms with E-state index in [2.05, 4.69) is 25.2 Å². The number of aromatic nitrogens is 3. The molecule has 2 aromatic heterocycles. The fraction of sp³-hybridized carbons (Fsp3) is 0.438. The van der Waals surface area contributed by atoms with Crippen LogP contribution < -0.4 is 5.32 Å². The zero-order valence-electron chi connectivity index (χ0n) is 12.7. The van der Waals surface area contributed by atoms with E-state index >= 15 is 0 Å². The Morgan fingerprint density at radius 2 is 2.32 bits per heavy atom. The summed E-state index contributed by atoms with van der Waals surface area (Å²) in [6, 6.07) is 3.75. The minimum Gasteiger partial charge on any atom is -0.350 e. The molecule has 0 aromatic carbocycles. The Morgan fingerprint density at radius 3 is 3.14 bits per heavy atom. The lowest BCUT2D eigenvalue weighted by Crippen LogP contribution is -2.41. The van der Waals surface area contributed by atoms with Gasteiger partial charge >= 0.3 is 0 Å². The topological polar surface area (TPSA) is 53.9 Å². The van der Waals surface area contributed by atoms with Crippen molar-refractivity contribution in [2.45, 2.75) is 32.4 Å². The van der Waals surface area contributed by atoms with Crippen LogP contribution in [0.1, 0.15) is 24.1 Å². The van der Waals surface area contributed by atoms with Gasteiger partial charge in [0.15, 0.2) is 0 Å². The molecule has 3 rings (SSSR count). The minimum absolute atomic E-state index is 0.280. The number of aryl methyl sites for hydroxylation is 1. The average Bonchev–Trinajstić information content (AvgIpc) is 2.47. The van der Waals surface area contributed by atoms with Crippen LogP contribution in [0.25, 0.3) is 0 Å². The Morgan fingerprint density at radius 1 is 1.41 bits per heavy atom. The second-order valence-corrected chi connectivity index (χ2v) is 5.75. The number of likely N-dealkylation sites (tertiary alicyclic amines) is 1. The van der Waals surface area contributed by atoms with E-state index in [1.54, 1.807) is 18.5 Å². The molecule has 1 atom stereocenters. The van der Waals surface area contributed by atoms with Crippen molar-refractivity contribution in [3.63, 3.8) is 0 Å². The lowest BCUT2D eigenvalue weighted by Gasteiger charge is -2.33. The standard InChI is InChI=1S/C16H20FN5/c1-12-4-5-19-16(20-12)21-15-3-2-6-22(11-15)10-13-7-14(17)9-18-8-13/h4-5,7-9,15H,2-3,6,10-11H2,1H3,(H,19,20,21). The predicted octanol–water partition coefficient (Wildman–Crippen LogP) is 2.40. The number of hydrogen-bond acceptors (Lipinski definition) is 5. The van der Waals surface area contributed by atoms with Crippen LogP contribution in [0.3, 0.4) is 0 Å². The van der Waals surface area contributed by atoms with E-state index in [9.17, 15) is 4.39 Å². The molecule has 1 aliphatic heterocycles. The average molecular weight is 301 g/mol. The molecule has 0 bridgehead atoms. The predicted molar refractivity (Wildman–Crippen MR) is 82.9 cm³/mol. The first-order valence-corrected chi connectivity index (χ1v) is 7.57. The van der Waals surface area contributed by atoms with E-state index in [0.717, 1.165) is 43.7 Å². The summed E-state index contributed by atoms with van der Waals surface area (Å²) >= 11 is 0. The fourth-order valence-corrected chi connectivity index (χ4v) is 2.82. The quantitative estimate of drug-likeness (QED) is 0.940. The highest BCUT2D eigenvalue weighted by atomic mass is 19.1. The molecular formula is C16H20FN5. The highest BCUT2D eigenvalue weighted by molar-refractivity contribution is 5.26. The van der Waals surface area contributed by atoms with E-state index in [0.29, 0.717) is 12.0 Å². The molecule has 116 valence electrons. The number of rotatable bonds is 4. The first-order chi connectivity index (χ1) is 10.7. The van der Waals surface area contributed by atoms with Gasteiger partial charge in [-0.15, -0.1) is 0 Å². The van der Waals surface area contributed by atoms with Crippen molar-refractivity contribution in [3.05, 3.63) is 47.8 Å². The molecule has 22 heavy (non-hydrogen) atoms. The third-order valence-corrected chi connectivity index (χ3v) is 3.80. The molecule has 5 nitrogen and oxygen atoms in total. The lowest BCUT2D eigenvalue weighted by atomic mass is 10.1. The van der Waals surface area contributed by atoms with Gasteiger partial charge in [0.05, 0.1) is 6.20 Å². The van der Waals surface area contributed by atoms with Gasteiger partial charge in [-0.1, -0.05) is 0 Å². The maximum absolute atomic E-state index is 13.2. The van der Waals surface area contributed by atoms with Gasteiger partial charge in [-0.05, 0) is 44.0 Å². The van der Waals surface area contributed by atoms with Gasteiger partial charge in [0, 0.05) is 37.2 Å². The zero-order valence-corrected chi connectivity index (χ0v) is 12.7. The number of pyridine rings is 1. The first kappa shape index (κ1) is 14.8. The van der Waals surface area contributed by atoms with Crippen molar-refractivity contribution < 1.29 is 4.39 Å². The van der Waals surface area contributed by atoms with Gasteiger partial charge in [-0.25, -0.2) is 14.4 Å². The molecule has 6 heteroatoms. The molecule has 0 radical (unpaired) electrons. The number of nitrogens with zero attached hydrogens (tertiary/aromatic N) is 4. The monoisotopic (exact) mass is 301 g/mol. The van der Waals surface area contributed by atoms with Crippen molar-refractivity contribution in [2.75, 3.05) is 18.4 Å². The highest BCUT2D eigenvalue weighted by Gasteiger charge is 2.20. The Balaban J connectivity index is 1.59. The third-order valence-electron chi connectivity index (χ3n) is 3.80. The smallest absolute Gasteiger partial charge is 0.223 e. The summed E-state index contributed by atoms with van der Waals surface area (Å²) in [7, 11) is 0. The molecule has 0 aliphatic carbocycles. The number of piperidine rings is 1. The van der Waals surface area contributed by atoms with Gasteiger partial charge in [-0.2, -0.15) is 0 Å². The largest absolute Gasteiger partial charge is 0.350 e. The minimum atomic E-state index is -0.280. The van der Waals surface area contributed by atoms with Gasteiger partial charge in [0.2, 0.25) is 5.95 Å². The van der Waals surface area contributed by atoms with Crippen molar-refractivity contribution in [1.29, 1.82) is 0 Å². The number of hydrogen-bond donors (Lipinski definition) is 1. The van der Waals surface area contributed by atoms with Crippen LogP contribution in [-0.2, 0) is 6.54 Å². The van der Waals surface area contributed by atoms with E-state index < -0.39 is 0 Å². The van der Waals surface area contributed by atoms with Crippen LogP contribution in [0.5, 0.6) is 0 Å². The normalized spacial score (nSPS) is 19.1. The number of anilines is 1. The first-order valence-electron chi connectivity index (χ1n) is 7.57. The van der Waals surface area contributed by atoms with Crippen LogP contribution >= 0.6 is 0 Å². The Kier molecular flexibility index (Phi) is 4.58. The Labute approximate surface area is 129 Å². The molecule has 0 spiro atoms. The molecular weight excluding hydrogens is 281 g/mol. The van der Waals surface area contributed by atoms with Crippen LogP contribution in [0.2, 0.25) is 0 Å². The van der Waals surface area contributed by atoms with Crippen LogP contribution in [0.4, 0.5) is 10.3 Å². The van der Waals surface area contributed by atoms with Gasteiger partial charge in [0.1, 0.15) is 5.82 Å². The van der Waals surface area contributed by atoms with Crippen molar-refractivity contribution in [1.82, 2.24) is 19.9 Å². The Hall–Kier alpha value is -2.08. The summed E-state index contributed by atoms with van der Waals surface area (Å²) in [6.45, 7) is 4.59. The maximum atomic E-state index is 13.2. The molecule has 1 aliphatic rings. The number of halogens is 1. The molecule has 1 unspecified atom stereocenters. The second kappa shape index (κ2) is 6.79. The van der Waals surface area contributed by atoms with Crippen molar-refractivity contribution in [2.24, 2.45) is 0 Å². The van der Waals surface area contributed by atoms with Gasteiger partial charge < -0.3 is 5.32 Å². The number of nitrogens with one attached hydrogen (secondary N) is 1. The summed E-state index contributed by atoms with van der Waals surface area (Å²) in [5.41, 5.74) is 1.86. The van der Waals surface area contributed by atoms with Gasteiger partial charge in [0.25, 0.3) is 0 Å². The summed E-state index contributed by atoms with van der Waals surface area (Å²) in [4.78, 5) is 14.9. The summed E-state index contributed by atoms with van der Waals surface area (Å²) in [5, 5.41) is 3.40. The van der Waals surface area contributed by atoms with Crippen molar-refractivity contribution in [3.8, 4) is 0 Å². The van der Waals surface area contributed by atoms with E-state index in [-0.39, 0.29) is 5.82 Å². The molecule has 1 saturated heterocycles. The van der Waals surface area contributed by atoms with Crippen LogP contribution in [0.15, 0.2) is 30.7 Å². The van der Waals surface area contributed by atoms with Gasteiger partial charge in [-0.3, -0.25) is 9.88 Å². The highest BCUT2D eigenvalue weighted by Crippen LogP contribution is 2.16. The van der Waals surface area contributed by atoms with E-state index in [1.807, 2.05) is 13.0 Å². The summed E-state index contributed by atoms with van der Waals surface area (Å²) < 4.78 is 13.2. The second-order valence-electron chi connectivity index (χ2n) is 5.75. The van der Waals surface area contributed by atoms with E-state index in [1.165, 1.54) is 6.20 Å². The molecule has 3 heterocycles. The molecule has 2 aromatic rings. The summed E-state index contributed by atoms with van der Waals surface area (Å²) in [5.74, 6) is 0.400. The molecule has 0 saturated carbocycles. The zero-order chi connectivity index (χ0) is 15.4.